The first-order valence-corrected chi connectivity index (χ1v) is 8.31. The van der Waals surface area contributed by atoms with E-state index in [-0.39, 0.29) is 11.9 Å². The highest BCUT2D eigenvalue weighted by Gasteiger charge is 2.12. The zero-order chi connectivity index (χ0) is 18.4. The van der Waals surface area contributed by atoms with Crippen LogP contribution < -0.4 is 15.6 Å². The zero-order valence-corrected chi connectivity index (χ0v) is 15.5. The molecule has 0 saturated heterocycles. The summed E-state index contributed by atoms with van der Waals surface area (Å²) in [5, 5.41) is 7.25. The second-order valence-electron chi connectivity index (χ2n) is 6.40. The minimum atomic E-state index is -0.380. The molecule has 2 N–H and O–H groups in total. The fourth-order valence-corrected chi connectivity index (χ4v) is 2.40. The van der Waals surface area contributed by atoms with Gasteiger partial charge in [-0.25, -0.2) is 5.43 Å². The van der Waals surface area contributed by atoms with Crippen molar-refractivity contribution in [2.75, 3.05) is 24.3 Å². The van der Waals surface area contributed by atoms with E-state index in [9.17, 15) is 4.79 Å². The molecule has 2 aromatic rings. The van der Waals surface area contributed by atoms with Crippen molar-refractivity contribution >= 4 is 23.5 Å². The normalized spacial score (nSPS) is 12.0. The van der Waals surface area contributed by atoms with E-state index in [1.165, 1.54) is 5.56 Å². The first kappa shape index (κ1) is 18.5. The number of rotatable bonds is 6. The first-order valence-electron chi connectivity index (χ1n) is 8.31. The van der Waals surface area contributed by atoms with Gasteiger partial charge < -0.3 is 10.2 Å². The molecule has 0 aromatic heterocycles. The molecule has 0 radical (unpaired) electrons. The molecule has 0 aliphatic heterocycles. The quantitative estimate of drug-likeness (QED) is 0.627. The predicted molar refractivity (Wildman–Crippen MR) is 106 cm³/mol. The molecular formula is C20H26N4O. The summed E-state index contributed by atoms with van der Waals surface area (Å²) in [7, 11) is 3.99. The van der Waals surface area contributed by atoms with E-state index in [1.54, 1.807) is 6.21 Å². The van der Waals surface area contributed by atoms with E-state index in [1.807, 2.05) is 76.2 Å². The lowest BCUT2D eigenvalue weighted by Gasteiger charge is -2.15. The van der Waals surface area contributed by atoms with Crippen LogP contribution in [0.25, 0.3) is 0 Å². The fraction of sp³-hybridized carbons (Fsp3) is 0.300. The molecule has 5 heteroatoms. The summed E-state index contributed by atoms with van der Waals surface area (Å²) in [6.45, 7) is 5.89. The van der Waals surface area contributed by atoms with Crippen LogP contribution in [0.2, 0.25) is 0 Å². The highest BCUT2D eigenvalue weighted by Crippen LogP contribution is 2.17. The maximum Gasteiger partial charge on any atom is 0.262 e. The number of nitrogens with zero attached hydrogens (tertiary/aromatic N) is 2. The maximum atomic E-state index is 12.2. The van der Waals surface area contributed by atoms with Gasteiger partial charge in [0.05, 0.1) is 6.21 Å². The number of carbonyl (C=O) groups excluding carboxylic acids is 1. The molecule has 0 heterocycles. The lowest BCUT2D eigenvalue weighted by molar-refractivity contribution is -0.121. The minimum absolute atomic E-state index is 0.180. The van der Waals surface area contributed by atoms with Gasteiger partial charge in [0, 0.05) is 25.5 Å². The van der Waals surface area contributed by atoms with Crippen LogP contribution in [-0.4, -0.2) is 32.3 Å². The van der Waals surface area contributed by atoms with E-state index in [2.05, 4.69) is 21.9 Å². The van der Waals surface area contributed by atoms with Gasteiger partial charge in [-0.1, -0.05) is 29.8 Å². The number of nitrogens with one attached hydrogen (secondary N) is 2. The van der Waals surface area contributed by atoms with Crippen molar-refractivity contribution < 1.29 is 4.79 Å². The van der Waals surface area contributed by atoms with Gasteiger partial charge in [-0.3, -0.25) is 4.79 Å². The predicted octanol–water partition coefficient (Wildman–Crippen LogP) is 3.32. The van der Waals surface area contributed by atoms with E-state index < -0.39 is 0 Å². The Morgan fingerprint density at radius 1 is 1.12 bits per heavy atom. The van der Waals surface area contributed by atoms with Crippen molar-refractivity contribution in [3.05, 3.63) is 59.2 Å². The molecule has 132 valence electrons. The Kier molecular flexibility index (Phi) is 6.17. The Labute approximate surface area is 149 Å². The molecule has 0 spiro atoms. The lowest BCUT2D eigenvalue weighted by atomic mass is 10.1. The minimum Gasteiger partial charge on any atom is -0.378 e. The van der Waals surface area contributed by atoms with Crippen LogP contribution in [0.15, 0.2) is 47.6 Å². The Morgan fingerprint density at radius 2 is 1.80 bits per heavy atom. The van der Waals surface area contributed by atoms with E-state index in [4.69, 9.17) is 0 Å². The topological polar surface area (TPSA) is 56.7 Å². The number of anilines is 2. The Hall–Kier alpha value is -2.82. The third-order valence-corrected chi connectivity index (χ3v) is 3.95. The van der Waals surface area contributed by atoms with Gasteiger partial charge in [0.2, 0.25) is 0 Å². The Morgan fingerprint density at radius 3 is 2.40 bits per heavy atom. The number of carbonyl (C=O) groups is 1. The molecular weight excluding hydrogens is 312 g/mol. The zero-order valence-electron chi connectivity index (χ0n) is 15.5. The highest BCUT2D eigenvalue weighted by atomic mass is 16.2. The van der Waals surface area contributed by atoms with Crippen LogP contribution in [0.4, 0.5) is 11.4 Å². The third kappa shape index (κ3) is 5.35. The van der Waals surface area contributed by atoms with Gasteiger partial charge in [-0.15, -0.1) is 0 Å². The summed E-state index contributed by atoms with van der Waals surface area (Å²) in [6.07, 6.45) is 1.64. The molecule has 5 nitrogen and oxygen atoms in total. The molecule has 0 aliphatic carbocycles. The number of amides is 1. The number of aryl methyl sites for hydroxylation is 2. The molecule has 0 saturated carbocycles. The van der Waals surface area contributed by atoms with Crippen molar-refractivity contribution in [2.24, 2.45) is 5.10 Å². The SMILES string of the molecule is Cc1ccc(N[C@@H](C)C(=O)N/N=C\c2ccc(N(C)C)cc2)c(C)c1. The second-order valence-corrected chi connectivity index (χ2v) is 6.40. The van der Waals surface area contributed by atoms with Gasteiger partial charge in [0.25, 0.3) is 5.91 Å². The fourth-order valence-electron chi connectivity index (χ4n) is 2.40. The van der Waals surface area contributed by atoms with Gasteiger partial charge >= 0.3 is 0 Å². The van der Waals surface area contributed by atoms with E-state index >= 15 is 0 Å². The molecule has 1 atom stereocenters. The van der Waals surface area contributed by atoms with Crippen molar-refractivity contribution in [1.29, 1.82) is 0 Å². The number of hydrazone groups is 1. The average Bonchev–Trinajstić information content (AvgIpc) is 2.57. The summed E-state index contributed by atoms with van der Waals surface area (Å²) >= 11 is 0. The molecule has 25 heavy (non-hydrogen) atoms. The van der Waals surface area contributed by atoms with Crippen LogP contribution in [-0.2, 0) is 4.79 Å². The number of benzene rings is 2. The van der Waals surface area contributed by atoms with Crippen LogP contribution in [0.1, 0.15) is 23.6 Å². The Balaban J connectivity index is 1.90. The average molecular weight is 338 g/mol. The molecule has 0 unspecified atom stereocenters. The second kappa shape index (κ2) is 8.33. The highest BCUT2D eigenvalue weighted by molar-refractivity contribution is 5.86. The van der Waals surface area contributed by atoms with Gasteiger partial charge in [0.1, 0.15) is 6.04 Å². The molecule has 0 fully saturated rings. The van der Waals surface area contributed by atoms with Gasteiger partial charge in [0.15, 0.2) is 0 Å². The summed E-state index contributed by atoms with van der Waals surface area (Å²) in [5.74, 6) is -0.180. The van der Waals surface area contributed by atoms with Crippen LogP contribution in [0.3, 0.4) is 0 Å². The molecule has 1 amide bonds. The third-order valence-electron chi connectivity index (χ3n) is 3.95. The van der Waals surface area contributed by atoms with E-state index in [0.29, 0.717) is 0 Å². The van der Waals surface area contributed by atoms with Crippen LogP contribution in [0, 0.1) is 13.8 Å². The van der Waals surface area contributed by atoms with Crippen molar-refractivity contribution in [3.63, 3.8) is 0 Å². The van der Waals surface area contributed by atoms with Gasteiger partial charge in [-0.2, -0.15) is 5.10 Å². The maximum absolute atomic E-state index is 12.2. The molecule has 2 aromatic carbocycles. The summed E-state index contributed by atoms with van der Waals surface area (Å²) < 4.78 is 0. The van der Waals surface area contributed by atoms with Crippen molar-refractivity contribution in [3.8, 4) is 0 Å². The first-order chi connectivity index (χ1) is 11.9. The smallest absolute Gasteiger partial charge is 0.262 e. The van der Waals surface area contributed by atoms with Crippen LogP contribution >= 0.6 is 0 Å². The lowest BCUT2D eigenvalue weighted by Crippen LogP contribution is -2.35. The summed E-state index contributed by atoms with van der Waals surface area (Å²) in [6, 6.07) is 13.7. The van der Waals surface area contributed by atoms with Gasteiger partial charge in [-0.05, 0) is 50.1 Å². The summed E-state index contributed by atoms with van der Waals surface area (Å²) in [5.41, 5.74) is 7.90. The number of hydrogen-bond donors (Lipinski definition) is 2. The molecule has 0 aliphatic rings. The van der Waals surface area contributed by atoms with Crippen molar-refractivity contribution in [1.82, 2.24) is 5.43 Å². The molecule has 2 rings (SSSR count). The van der Waals surface area contributed by atoms with Crippen LogP contribution in [0.5, 0.6) is 0 Å². The van der Waals surface area contributed by atoms with Crippen molar-refractivity contribution in [2.45, 2.75) is 26.8 Å². The number of hydrogen-bond acceptors (Lipinski definition) is 4. The van der Waals surface area contributed by atoms with E-state index in [0.717, 1.165) is 22.5 Å². The summed E-state index contributed by atoms with van der Waals surface area (Å²) in [4.78, 5) is 14.2. The monoisotopic (exact) mass is 338 g/mol. The Bertz CT molecular complexity index is 751. The molecule has 0 bridgehead atoms. The largest absolute Gasteiger partial charge is 0.378 e. The standard InChI is InChI=1S/C20H26N4O/c1-14-6-11-19(15(2)12-14)22-16(3)20(25)23-21-13-17-7-9-18(10-8-17)24(4)5/h6-13,16,22H,1-5H3,(H,23,25)/b21-13-/t16-/m0/s1.